The molecule has 6 nitrogen and oxygen atoms in total. The molecule has 2 amide bonds. The molecule has 0 saturated heterocycles. The number of amides is 2. The number of carboxylic acids is 1. The molecule has 1 heterocycles. The minimum absolute atomic E-state index is 0.404. The summed E-state index contributed by atoms with van der Waals surface area (Å²) in [7, 11) is 1.56. The zero-order valence-electron chi connectivity index (χ0n) is 9.29. The zero-order chi connectivity index (χ0) is 12.8. The van der Waals surface area contributed by atoms with E-state index in [2.05, 4.69) is 5.32 Å². The van der Waals surface area contributed by atoms with Crippen molar-refractivity contribution < 1.29 is 19.8 Å². The monoisotopic (exact) mass is 258 g/mol. The molecule has 0 aliphatic heterocycles. The lowest BCUT2D eigenvalue weighted by Gasteiger charge is -2.19. The first-order valence-electron chi connectivity index (χ1n) is 4.92. The second-order valence-corrected chi connectivity index (χ2v) is 4.49. The first-order chi connectivity index (χ1) is 8.04. The van der Waals surface area contributed by atoms with E-state index in [1.807, 2.05) is 17.5 Å². The van der Waals surface area contributed by atoms with Crippen molar-refractivity contribution in [3.63, 3.8) is 0 Å². The molecular formula is C10H14N2O4S. The highest BCUT2D eigenvalue weighted by molar-refractivity contribution is 7.09. The molecule has 1 aromatic heterocycles. The van der Waals surface area contributed by atoms with Gasteiger partial charge in [-0.05, 0) is 11.4 Å². The number of thiophene rings is 1. The highest BCUT2D eigenvalue weighted by Crippen LogP contribution is 2.10. The summed E-state index contributed by atoms with van der Waals surface area (Å²) in [5.74, 6) is -1.26. The number of hydrogen-bond acceptors (Lipinski definition) is 4. The second-order valence-electron chi connectivity index (χ2n) is 3.46. The lowest BCUT2D eigenvalue weighted by atomic mass is 10.3. The number of aliphatic carboxylic acids is 1. The van der Waals surface area contributed by atoms with Crippen molar-refractivity contribution in [2.45, 2.75) is 12.6 Å². The van der Waals surface area contributed by atoms with Gasteiger partial charge in [0.25, 0.3) is 0 Å². The van der Waals surface area contributed by atoms with Gasteiger partial charge >= 0.3 is 12.0 Å². The van der Waals surface area contributed by atoms with Crippen molar-refractivity contribution >= 4 is 23.3 Å². The van der Waals surface area contributed by atoms with Gasteiger partial charge in [0.05, 0.1) is 13.2 Å². The number of urea groups is 1. The van der Waals surface area contributed by atoms with Crippen molar-refractivity contribution in [1.82, 2.24) is 10.2 Å². The van der Waals surface area contributed by atoms with Crippen molar-refractivity contribution in [3.8, 4) is 0 Å². The number of nitrogens with one attached hydrogen (secondary N) is 1. The molecule has 0 aliphatic rings. The molecule has 0 saturated carbocycles. The maximum atomic E-state index is 11.6. The molecule has 1 aromatic rings. The van der Waals surface area contributed by atoms with E-state index in [9.17, 15) is 9.59 Å². The maximum absolute atomic E-state index is 11.6. The summed E-state index contributed by atoms with van der Waals surface area (Å²) in [4.78, 5) is 24.6. The third-order valence-electron chi connectivity index (χ3n) is 2.10. The Kier molecular flexibility index (Phi) is 4.92. The van der Waals surface area contributed by atoms with E-state index in [1.165, 1.54) is 16.2 Å². The van der Waals surface area contributed by atoms with E-state index in [0.29, 0.717) is 6.54 Å². The topological polar surface area (TPSA) is 89.9 Å². The number of carboxylic acid groups (broad SMARTS) is 1. The molecule has 7 heteroatoms. The SMILES string of the molecule is CN(Cc1cccs1)C(=O)NC(CO)C(=O)O. The van der Waals surface area contributed by atoms with Gasteiger partial charge in [-0.25, -0.2) is 9.59 Å². The van der Waals surface area contributed by atoms with E-state index >= 15 is 0 Å². The van der Waals surface area contributed by atoms with Gasteiger partial charge in [-0.1, -0.05) is 6.07 Å². The summed E-state index contributed by atoms with van der Waals surface area (Å²) >= 11 is 1.51. The van der Waals surface area contributed by atoms with Gasteiger partial charge in [0.15, 0.2) is 6.04 Å². The van der Waals surface area contributed by atoms with Crippen molar-refractivity contribution in [1.29, 1.82) is 0 Å². The number of carbonyl (C=O) groups is 2. The maximum Gasteiger partial charge on any atom is 0.328 e. The Labute approximate surface area is 102 Å². The highest BCUT2D eigenvalue weighted by Gasteiger charge is 2.20. The van der Waals surface area contributed by atoms with Crippen molar-refractivity contribution in [2.75, 3.05) is 13.7 Å². The molecule has 0 aromatic carbocycles. The van der Waals surface area contributed by atoms with Gasteiger partial charge in [0.1, 0.15) is 0 Å². The van der Waals surface area contributed by atoms with Crippen LogP contribution in [0.15, 0.2) is 17.5 Å². The smallest absolute Gasteiger partial charge is 0.328 e. The molecule has 1 atom stereocenters. The van der Waals surface area contributed by atoms with E-state index in [0.717, 1.165) is 4.88 Å². The predicted molar refractivity (Wildman–Crippen MR) is 62.8 cm³/mol. The fourth-order valence-electron chi connectivity index (χ4n) is 1.15. The van der Waals surface area contributed by atoms with Crippen LogP contribution in [0, 0.1) is 0 Å². The van der Waals surface area contributed by atoms with E-state index < -0.39 is 24.6 Å². The van der Waals surface area contributed by atoms with Crippen LogP contribution in [0.25, 0.3) is 0 Å². The minimum atomic E-state index is -1.27. The molecule has 1 rings (SSSR count). The van der Waals surface area contributed by atoms with E-state index in [1.54, 1.807) is 7.05 Å². The van der Waals surface area contributed by atoms with Crippen LogP contribution < -0.4 is 5.32 Å². The van der Waals surface area contributed by atoms with Crippen LogP contribution in [0.4, 0.5) is 4.79 Å². The third-order valence-corrected chi connectivity index (χ3v) is 2.96. The number of aliphatic hydroxyl groups is 1. The van der Waals surface area contributed by atoms with Gasteiger partial charge in [-0.2, -0.15) is 0 Å². The average Bonchev–Trinajstić information content (AvgIpc) is 2.77. The van der Waals surface area contributed by atoms with E-state index in [-0.39, 0.29) is 0 Å². The molecule has 17 heavy (non-hydrogen) atoms. The largest absolute Gasteiger partial charge is 0.480 e. The number of aliphatic hydroxyl groups excluding tert-OH is 1. The minimum Gasteiger partial charge on any atom is -0.480 e. The summed E-state index contributed by atoms with van der Waals surface area (Å²) in [6.45, 7) is -0.227. The Morgan fingerprint density at radius 1 is 1.59 bits per heavy atom. The van der Waals surface area contributed by atoms with E-state index in [4.69, 9.17) is 10.2 Å². The van der Waals surface area contributed by atoms with Gasteiger partial charge in [-0.3, -0.25) is 0 Å². The second kappa shape index (κ2) is 6.21. The number of carbonyl (C=O) groups excluding carboxylic acids is 1. The molecule has 0 aliphatic carbocycles. The number of hydrogen-bond donors (Lipinski definition) is 3. The highest BCUT2D eigenvalue weighted by atomic mass is 32.1. The Bertz CT molecular complexity index is 380. The molecule has 1 unspecified atom stereocenters. The van der Waals surface area contributed by atoms with Crippen LogP contribution in [0.5, 0.6) is 0 Å². The van der Waals surface area contributed by atoms with Gasteiger partial charge < -0.3 is 20.4 Å². The van der Waals surface area contributed by atoms with Gasteiger partial charge in [-0.15, -0.1) is 11.3 Å². The Morgan fingerprint density at radius 2 is 2.29 bits per heavy atom. The van der Waals surface area contributed by atoms with Crippen LogP contribution >= 0.6 is 11.3 Å². The molecule has 3 N–H and O–H groups in total. The fourth-order valence-corrected chi connectivity index (χ4v) is 1.91. The molecule has 0 radical (unpaired) electrons. The Hall–Kier alpha value is -1.60. The molecule has 0 spiro atoms. The summed E-state index contributed by atoms with van der Waals surface area (Å²) in [5.41, 5.74) is 0. The van der Waals surface area contributed by atoms with Crippen molar-refractivity contribution in [3.05, 3.63) is 22.4 Å². The van der Waals surface area contributed by atoms with Crippen LogP contribution in [-0.2, 0) is 11.3 Å². The molecular weight excluding hydrogens is 244 g/mol. The quantitative estimate of drug-likeness (QED) is 0.710. The van der Waals surface area contributed by atoms with Crippen LogP contribution in [0.1, 0.15) is 4.88 Å². The lowest BCUT2D eigenvalue weighted by molar-refractivity contribution is -0.140. The average molecular weight is 258 g/mol. The van der Waals surface area contributed by atoms with Gasteiger partial charge in [0.2, 0.25) is 0 Å². The Balaban J connectivity index is 2.49. The van der Waals surface area contributed by atoms with Crippen LogP contribution in [0.3, 0.4) is 0 Å². The lowest BCUT2D eigenvalue weighted by Crippen LogP contribution is -2.48. The fraction of sp³-hybridized carbons (Fsp3) is 0.400. The first-order valence-corrected chi connectivity index (χ1v) is 5.80. The van der Waals surface area contributed by atoms with Crippen LogP contribution in [0.2, 0.25) is 0 Å². The molecule has 94 valence electrons. The number of nitrogens with zero attached hydrogens (tertiary/aromatic N) is 1. The van der Waals surface area contributed by atoms with Gasteiger partial charge in [0, 0.05) is 11.9 Å². The Morgan fingerprint density at radius 3 is 2.76 bits per heavy atom. The third kappa shape index (κ3) is 4.04. The summed E-state index contributed by atoms with van der Waals surface area (Å²) in [6, 6.07) is 1.96. The molecule has 0 fully saturated rings. The number of rotatable bonds is 5. The zero-order valence-corrected chi connectivity index (χ0v) is 10.1. The first kappa shape index (κ1) is 13.5. The van der Waals surface area contributed by atoms with Crippen molar-refractivity contribution in [2.24, 2.45) is 0 Å². The summed E-state index contributed by atoms with van der Waals surface area (Å²) in [6.07, 6.45) is 0. The molecule has 0 bridgehead atoms. The normalized spacial score (nSPS) is 11.9. The summed E-state index contributed by atoms with van der Waals surface area (Å²) < 4.78 is 0. The van der Waals surface area contributed by atoms with Crippen LogP contribution in [-0.4, -0.2) is 46.8 Å². The standard InChI is InChI=1S/C10H14N2O4S/c1-12(5-7-3-2-4-17-7)10(16)11-8(6-13)9(14)15/h2-4,8,13H,5-6H2,1H3,(H,11,16)(H,14,15). The summed E-state index contributed by atoms with van der Waals surface area (Å²) in [5, 5.41) is 21.6. The predicted octanol–water partition coefficient (Wildman–Crippen LogP) is 0.335.